The van der Waals surface area contributed by atoms with E-state index in [1.54, 1.807) is 37.2 Å². The zero-order valence-corrected chi connectivity index (χ0v) is 12.7. The van der Waals surface area contributed by atoms with E-state index in [-0.39, 0.29) is 6.61 Å². The maximum atomic E-state index is 8.87. The third kappa shape index (κ3) is 3.80. The van der Waals surface area contributed by atoms with E-state index >= 15 is 0 Å². The molecule has 0 aliphatic carbocycles. The Balaban J connectivity index is 2.10. The zero-order chi connectivity index (χ0) is 15.2. The van der Waals surface area contributed by atoms with Gasteiger partial charge in [0.15, 0.2) is 0 Å². The number of halogens is 1. The highest BCUT2D eigenvalue weighted by Crippen LogP contribution is 2.35. The number of nitrogens with one attached hydrogen (secondary N) is 1. The first-order chi connectivity index (χ1) is 10.2. The molecule has 7 heteroatoms. The minimum Gasteiger partial charge on any atom is -0.495 e. The molecule has 2 N–H and O–H groups in total. The number of rotatable bonds is 7. The Hall–Kier alpha value is -1.92. The van der Waals surface area contributed by atoms with Crippen molar-refractivity contribution in [2.24, 2.45) is 0 Å². The molecule has 0 saturated carbocycles. The number of aromatic nitrogens is 2. The summed E-state index contributed by atoms with van der Waals surface area (Å²) < 4.78 is 12.2. The molecule has 0 saturated heterocycles. The summed E-state index contributed by atoms with van der Waals surface area (Å²) in [6, 6.07) is 3.50. The van der Waals surface area contributed by atoms with Crippen molar-refractivity contribution in [1.29, 1.82) is 0 Å². The fourth-order valence-corrected chi connectivity index (χ4v) is 2.15. The first-order valence-corrected chi connectivity index (χ1v) is 6.83. The third-order valence-corrected chi connectivity index (χ3v) is 3.27. The minimum absolute atomic E-state index is 0.0662. The van der Waals surface area contributed by atoms with Gasteiger partial charge < -0.3 is 19.9 Å². The van der Waals surface area contributed by atoms with Crippen LogP contribution in [0.4, 0.5) is 5.69 Å². The van der Waals surface area contributed by atoms with Crippen molar-refractivity contribution in [3.8, 4) is 11.5 Å². The Labute approximate surface area is 128 Å². The number of benzene rings is 1. The van der Waals surface area contributed by atoms with Gasteiger partial charge in [0.05, 0.1) is 44.3 Å². The normalized spacial score (nSPS) is 10.5. The SMILES string of the molecule is COc1cc(NCc2cnn(CCO)c2)c(OC)cc1Cl. The van der Waals surface area contributed by atoms with Crippen molar-refractivity contribution < 1.29 is 14.6 Å². The van der Waals surface area contributed by atoms with Crippen molar-refractivity contribution >= 4 is 17.3 Å². The standard InChI is InChI=1S/C14H18ClN3O3/c1-20-13-6-12(14(21-2)5-11(13)15)16-7-10-8-17-18(9-10)3-4-19/h5-6,8-9,16,19H,3-4,7H2,1-2H3. The number of ether oxygens (including phenoxy) is 2. The first-order valence-electron chi connectivity index (χ1n) is 6.45. The van der Waals surface area contributed by atoms with Gasteiger partial charge in [-0.15, -0.1) is 0 Å². The Morgan fingerprint density at radius 3 is 2.71 bits per heavy atom. The molecule has 21 heavy (non-hydrogen) atoms. The molecule has 0 spiro atoms. The van der Waals surface area contributed by atoms with Crippen LogP contribution in [0.5, 0.6) is 11.5 Å². The zero-order valence-electron chi connectivity index (χ0n) is 12.0. The van der Waals surface area contributed by atoms with Crippen LogP contribution in [0.2, 0.25) is 5.02 Å². The van der Waals surface area contributed by atoms with E-state index in [1.807, 2.05) is 6.20 Å². The Kier molecular flexibility index (Phi) is 5.30. The van der Waals surface area contributed by atoms with E-state index in [0.717, 1.165) is 11.3 Å². The quantitative estimate of drug-likeness (QED) is 0.820. The summed E-state index contributed by atoms with van der Waals surface area (Å²) in [6.07, 6.45) is 3.63. The van der Waals surface area contributed by atoms with Crippen LogP contribution in [0.25, 0.3) is 0 Å². The molecular formula is C14H18ClN3O3. The lowest BCUT2D eigenvalue weighted by Gasteiger charge is -2.13. The van der Waals surface area contributed by atoms with Crippen molar-refractivity contribution in [3.05, 3.63) is 35.1 Å². The van der Waals surface area contributed by atoms with Crippen LogP contribution in [0.15, 0.2) is 24.5 Å². The van der Waals surface area contributed by atoms with E-state index in [0.29, 0.717) is 29.6 Å². The lowest BCUT2D eigenvalue weighted by molar-refractivity contribution is 0.269. The monoisotopic (exact) mass is 311 g/mol. The number of nitrogens with zero attached hydrogens (tertiary/aromatic N) is 2. The first kappa shape index (κ1) is 15.5. The predicted octanol–water partition coefficient (Wildman–Crippen LogP) is 2.16. The summed E-state index contributed by atoms with van der Waals surface area (Å²) in [5.74, 6) is 1.22. The number of aliphatic hydroxyl groups is 1. The maximum Gasteiger partial charge on any atom is 0.143 e. The fraction of sp³-hybridized carbons (Fsp3) is 0.357. The Morgan fingerprint density at radius 1 is 1.29 bits per heavy atom. The average Bonchev–Trinajstić information content (AvgIpc) is 2.93. The number of hydrogen-bond acceptors (Lipinski definition) is 5. The van der Waals surface area contributed by atoms with Gasteiger partial charge in [0, 0.05) is 30.4 Å². The van der Waals surface area contributed by atoms with Crippen molar-refractivity contribution in [2.75, 3.05) is 26.1 Å². The van der Waals surface area contributed by atoms with Crippen molar-refractivity contribution in [2.45, 2.75) is 13.1 Å². The van der Waals surface area contributed by atoms with Crippen molar-refractivity contribution in [1.82, 2.24) is 9.78 Å². The lowest BCUT2D eigenvalue weighted by atomic mass is 10.2. The molecule has 0 bridgehead atoms. The van der Waals surface area contributed by atoms with Gasteiger partial charge in [0.2, 0.25) is 0 Å². The van der Waals surface area contributed by atoms with Gasteiger partial charge in [-0.05, 0) is 0 Å². The molecule has 6 nitrogen and oxygen atoms in total. The second kappa shape index (κ2) is 7.19. The molecule has 0 fully saturated rings. The molecule has 0 radical (unpaired) electrons. The number of aliphatic hydroxyl groups excluding tert-OH is 1. The van der Waals surface area contributed by atoms with Gasteiger partial charge in [-0.2, -0.15) is 5.10 Å². The third-order valence-electron chi connectivity index (χ3n) is 2.97. The van der Waals surface area contributed by atoms with E-state index in [9.17, 15) is 0 Å². The van der Waals surface area contributed by atoms with E-state index in [2.05, 4.69) is 10.4 Å². The summed E-state index contributed by atoms with van der Waals surface area (Å²) in [7, 11) is 3.15. The molecule has 0 amide bonds. The molecular weight excluding hydrogens is 294 g/mol. The second-order valence-electron chi connectivity index (χ2n) is 4.38. The second-order valence-corrected chi connectivity index (χ2v) is 4.78. The van der Waals surface area contributed by atoms with Gasteiger partial charge in [-0.25, -0.2) is 0 Å². The Morgan fingerprint density at radius 2 is 2.05 bits per heavy atom. The van der Waals surface area contributed by atoms with E-state index in [4.69, 9.17) is 26.2 Å². The molecule has 1 aromatic carbocycles. The smallest absolute Gasteiger partial charge is 0.143 e. The van der Waals surface area contributed by atoms with Gasteiger partial charge in [-0.3, -0.25) is 4.68 Å². The highest BCUT2D eigenvalue weighted by atomic mass is 35.5. The fourth-order valence-electron chi connectivity index (χ4n) is 1.92. The van der Waals surface area contributed by atoms with Gasteiger partial charge in [0.25, 0.3) is 0 Å². The van der Waals surface area contributed by atoms with E-state index in [1.165, 1.54) is 0 Å². The van der Waals surface area contributed by atoms with Gasteiger partial charge >= 0.3 is 0 Å². The van der Waals surface area contributed by atoms with Crippen LogP contribution >= 0.6 is 11.6 Å². The average molecular weight is 312 g/mol. The topological polar surface area (TPSA) is 68.5 Å². The van der Waals surface area contributed by atoms with Crippen LogP contribution in [0.1, 0.15) is 5.56 Å². The van der Waals surface area contributed by atoms with Crippen LogP contribution in [0, 0.1) is 0 Å². The van der Waals surface area contributed by atoms with Crippen LogP contribution < -0.4 is 14.8 Å². The molecule has 2 rings (SSSR count). The summed E-state index contributed by atoms with van der Waals surface area (Å²) in [4.78, 5) is 0. The van der Waals surface area contributed by atoms with Gasteiger partial charge in [-0.1, -0.05) is 11.6 Å². The summed E-state index contributed by atoms with van der Waals surface area (Å²) >= 11 is 6.07. The van der Waals surface area contributed by atoms with Gasteiger partial charge in [0.1, 0.15) is 11.5 Å². The molecule has 0 unspecified atom stereocenters. The maximum absolute atomic E-state index is 8.87. The number of anilines is 1. The van der Waals surface area contributed by atoms with Crippen LogP contribution in [0.3, 0.4) is 0 Å². The number of hydrogen-bond donors (Lipinski definition) is 2. The van der Waals surface area contributed by atoms with E-state index < -0.39 is 0 Å². The molecule has 114 valence electrons. The Bertz CT molecular complexity index is 601. The summed E-state index contributed by atoms with van der Waals surface area (Å²) in [5.41, 5.74) is 1.79. The molecule has 0 aliphatic heterocycles. The molecule has 0 atom stereocenters. The number of methoxy groups -OCH3 is 2. The molecule has 1 aromatic heterocycles. The largest absolute Gasteiger partial charge is 0.495 e. The summed E-state index contributed by atoms with van der Waals surface area (Å²) in [5, 5.41) is 16.8. The molecule has 2 aromatic rings. The minimum atomic E-state index is 0.0662. The van der Waals surface area contributed by atoms with Crippen molar-refractivity contribution in [3.63, 3.8) is 0 Å². The molecule has 0 aliphatic rings. The highest BCUT2D eigenvalue weighted by molar-refractivity contribution is 6.32. The molecule has 1 heterocycles. The lowest BCUT2D eigenvalue weighted by Crippen LogP contribution is -2.03. The predicted molar refractivity (Wildman–Crippen MR) is 81.2 cm³/mol. The van der Waals surface area contributed by atoms with Crippen LogP contribution in [-0.2, 0) is 13.1 Å². The summed E-state index contributed by atoms with van der Waals surface area (Å²) in [6.45, 7) is 1.13. The van der Waals surface area contributed by atoms with Crippen LogP contribution in [-0.4, -0.2) is 35.7 Å². The highest BCUT2D eigenvalue weighted by Gasteiger charge is 2.10.